The van der Waals surface area contributed by atoms with Crippen LogP contribution in [0, 0.1) is 0 Å². The summed E-state index contributed by atoms with van der Waals surface area (Å²) in [6, 6.07) is 21.8. The first-order valence-corrected chi connectivity index (χ1v) is 11.6. The van der Waals surface area contributed by atoms with Gasteiger partial charge in [0, 0.05) is 28.2 Å². The van der Waals surface area contributed by atoms with Gasteiger partial charge in [0.25, 0.3) is 11.8 Å². The normalized spacial score (nSPS) is 14.7. The average molecular weight is 485 g/mol. The lowest BCUT2D eigenvalue weighted by Gasteiger charge is -2.11. The fourth-order valence-electron chi connectivity index (χ4n) is 3.74. The summed E-state index contributed by atoms with van der Waals surface area (Å²) in [6.45, 7) is 0.428. The molecule has 1 saturated heterocycles. The van der Waals surface area contributed by atoms with E-state index in [-0.39, 0.29) is 10.5 Å². The van der Waals surface area contributed by atoms with Gasteiger partial charge < -0.3 is 14.5 Å². The number of carbonyl (C=O) groups excluding carboxylic acids is 3. The van der Waals surface area contributed by atoms with Crippen molar-refractivity contribution in [2.24, 2.45) is 0 Å². The van der Waals surface area contributed by atoms with Crippen LogP contribution < -0.4 is 9.47 Å². The summed E-state index contributed by atoms with van der Waals surface area (Å²) in [4.78, 5) is 42.5. The van der Waals surface area contributed by atoms with E-state index in [0.29, 0.717) is 28.6 Å². The molecule has 0 atom stereocenters. The highest BCUT2D eigenvalue weighted by Gasteiger charge is 2.40. The smallest absolute Gasteiger partial charge is 0.300 e. The maximum Gasteiger partial charge on any atom is 0.300 e. The SMILES string of the molecule is COc1cccc(C(=O)N2C(=O)SC(=Cc3c[nH]c4ccc(OCc5ccccc5)cc34)C2=O)c1. The first-order chi connectivity index (χ1) is 17.0. The van der Waals surface area contributed by atoms with Crippen LogP contribution in [0.3, 0.4) is 0 Å². The van der Waals surface area contributed by atoms with Crippen molar-refractivity contribution >= 4 is 45.8 Å². The summed E-state index contributed by atoms with van der Waals surface area (Å²) in [7, 11) is 1.48. The molecule has 8 heteroatoms. The van der Waals surface area contributed by atoms with Crippen molar-refractivity contribution in [3.05, 3.63) is 101 Å². The molecule has 0 radical (unpaired) electrons. The van der Waals surface area contributed by atoms with Crippen molar-refractivity contribution < 1.29 is 23.9 Å². The molecule has 7 nitrogen and oxygen atoms in total. The molecule has 1 fully saturated rings. The van der Waals surface area contributed by atoms with Gasteiger partial charge in [-0.25, -0.2) is 4.90 Å². The van der Waals surface area contributed by atoms with E-state index >= 15 is 0 Å². The van der Waals surface area contributed by atoms with Crippen molar-refractivity contribution in [1.82, 2.24) is 9.88 Å². The molecule has 2 heterocycles. The summed E-state index contributed by atoms with van der Waals surface area (Å²) in [5.74, 6) is -0.205. The molecule has 3 aromatic carbocycles. The molecule has 0 spiro atoms. The number of aromatic nitrogens is 1. The minimum Gasteiger partial charge on any atom is -0.497 e. The van der Waals surface area contributed by atoms with Crippen molar-refractivity contribution in [3.8, 4) is 11.5 Å². The van der Waals surface area contributed by atoms with E-state index in [9.17, 15) is 14.4 Å². The molecule has 4 aromatic rings. The standard InChI is InChI=1S/C27H20N2O5S/c1-33-20-9-5-8-18(12-20)25(30)29-26(31)24(35-27(29)32)13-19-15-28-23-11-10-21(14-22(19)23)34-16-17-6-3-2-4-7-17/h2-15,28H,16H2,1H3. The number of carbonyl (C=O) groups is 3. The highest BCUT2D eigenvalue weighted by Crippen LogP contribution is 2.35. The summed E-state index contributed by atoms with van der Waals surface area (Å²) >= 11 is 0.735. The molecule has 1 aromatic heterocycles. The van der Waals surface area contributed by atoms with Gasteiger partial charge in [-0.2, -0.15) is 0 Å². The zero-order valence-electron chi connectivity index (χ0n) is 18.7. The number of H-pyrrole nitrogens is 1. The number of nitrogens with one attached hydrogen (secondary N) is 1. The van der Waals surface area contributed by atoms with E-state index in [2.05, 4.69) is 4.98 Å². The molecule has 5 rings (SSSR count). The second kappa shape index (κ2) is 9.52. The Hall–Kier alpha value is -4.30. The molecular weight excluding hydrogens is 464 g/mol. The van der Waals surface area contributed by atoms with Crippen LogP contribution in [0.5, 0.6) is 11.5 Å². The quantitative estimate of drug-likeness (QED) is 0.282. The Morgan fingerprint density at radius 1 is 1.00 bits per heavy atom. The number of ether oxygens (including phenoxy) is 2. The second-order valence-electron chi connectivity index (χ2n) is 7.78. The first-order valence-electron chi connectivity index (χ1n) is 10.8. The molecular formula is C27H20N2O5S. The van der Waals surface area contributed by atoms with E-state index in [1.165, 1.54) is 19.2 Å². The minimum absolute atomic E-state index is 0.169. The fourth-order valence-corrected chi connectivity index (χ4v) is 4.55. The third kappa shape index (κ3) is 4.56. The van der Waals surface area contributed by atoms with Crippen LogP contribution in [-0.4, -0.2) is 34.0 Å². The number of benzene rings is 3. The van der Waals surface area contributed by atoms with Crippen LogP contribution in [0.4, 0.5) is 4.79 Å². The van der Waals surface area contributed by atoms with E-state index in [0.717, 1.165) is 28.2 Å². The van der Waals surface area contributed by atoms with Crippen molar-refractivity contribution in [3.63, 3.8) is 0 Å². The number of methoxy groups -OCH3 is 1. The van der Waals surface area contributed by atoms with Gasteiger partial charge >= 0.3 is 5.24 Å². The fraction of sp³-hybridized carbons (Fsp3) is 0.0741. The Balaban J connectivity index is 1.39. The number of imide groups is 3. The first kappa shape index (κ1) is 22.5. The summed E-state index contributed by atoms with van der Waals surface area (Å²) in [6.07, 6.45) is 3.37. The average Bonchev–Trinajstić information content (AvgIpc) is 3.42. The third-order valence-electron chi connectivity index (χ3n) is 5.53. The van der Waals surface area contributed by atoms with Crippen molar-refractivity contribution in [1.29, 1.82) is 0 Å². The van der Waals surface area contributed by atoms with E-state index in [4.69, 9.17) is 9.47 Å². The minimum atomic E-state index is -0.690. The van der Waals surface area contributed by atoms with Crippen LogP contribution in [0.1, 0.15) is 21.5 Å². The van der Waals surface area contributed by atoms with Gasteiger partial charge in [0.05, 0.1) is 12.0 Å². The van der Waals surface area contributed by atoms with E-state index in [1.807, 2.05) is 48.5 Å². The van der Waals surface area contributed by atoms with Crippen LogP contribution in [-0.2, 0) is 11.4 Å². The lowest BCUT2D eigenvalue weighted by Crippen LogP contribution is -2.34. The van der Waals surface area contributed by atoms with E-state index < -0.39 is 17.1 Å². The van der Waals surface area contributed by atoms with E-state index in [1.54, 1.807) is 24.4 Å². The van der Waals surface area contributed by atoms with Gasteiger partial charge in [0.1, 0.15) is 18.1 Å². The molecule has 1 aliphatic heterocycles. The van der Waals surface area contributed by atoms with Gasteiger partial charge in [-0.15, -0.1) is 0 Å². The Bertz CT molecular complexity index is 1480. The molecule has 0 saturated carbocycles. The maximum absolute atomic E-state index is 13.0. The molecule has 174 valence electrons. The zero-order valence-corrected chi connectivity index (χ0v) is 19.5. The predicted octanol–water partition coefficient (Wildman–Crippen LogP) is 5.63. The molecule has 1 N–H and O–H groups in total. The van der Waals surface area contributed by atoms with Crippen LogP contribution in [0.2, 0.25) is 0 Å². The van der Waals surface area contributed by atoms with Gasteiger partial charge in [0.2, 0.25) is 0 Å². The Morgan fingerprint density at radius 3 is 2.63 bits per heavy atom. The van der Waals surface area contributed by atoms with Crippen LogP contribution in [0.25, 0.3) is 17.0 Å². The highest BCUT2D eigenvalue weighted by molar-refractivity contribution is 8.18. The summed E-state index contributed by atoms with van der Waals surface area (Å²) in [5.41, 5.74) is 2.82. The number of aromatic amines is 1. The lowest BCUT2D eigenvalue weighted by molar-refractivity contribution is -0.120. The Labute approximate surface area is 205 Å². The highest BCUT2D eigenvalue weighted by atomic mass is 32.2. The van der Waals surface area contributed by atoms with Crippen molar-refractivity contribution in [2.75, 3.05) is 7.11 Å². The molecule has 3 amide bonds. The number of thioether (sulfide) groups is 1. The maximum atomic E-state index is 13.0. The molecule has 0 aliphatic carbocycles. The van der Waals surface area contributed by atoms with Crippen molar-refractivity contribution in [2.45, 2.75) is 6.61 Å². The molecule has 0 unspecified atom stereocenters. The third-order valence-corrected chi connectivity index (χ3v) is 6.40. The lowest BCUT2D eigenvalue weighted by atomic mass is 10.1. The number of rotatable bonds is 6. The van der Waals surface area contributed by atoms with Gasteiger partial charge in [-0.05, 0) is 59.8 Å². The largest absolute Gasteiger partial charge is 0.497 e. The monoisotopic (exact) mass is 484 g/mol. The number of fused-ring (bicyclic) bond motifs is 1. The topological polar surface area (TPSA) is 88.7 Å². The second-order valence-corrected chi connectivity index (χ2v) is 8.77. The molecule has 35 heavy (non-hydrogen) atoms. The number of nitrogens with zero attached hydrogens (tertiary/aromatic N) is 1. The molecule has 0 bridgehead atoms. The number of amides is 3. The zero-order chi connectivity index (χ0) is 24.4. The number of hydrogen-bond acceptors (Lipinski definition) is 6. The van der Waals surface area contributed by atoms with Crippen LogP contribution in [0.15, 0.2) is 83.9 Å². The van der Waals surface area contributed by atoms with Gasteiger partial charge in [-0.1, -0.05) is 36.4 Å². The van der Waals surface area contributed by atoms with Gasteiger partial charge in [-0.3, -0.25) is 14.4 Å². The number of hydrogen-bond donors (Lipinski definition) is 1. The van der Waals surface area contributed by atoms with Crippen LogP contribution >= 0.6 is 11.8 Å². The summed E-state index contributed by atoms with van der Waals surface area (Å²) < 4.78 is 11.1. The molecule has 1 aliphatic rings. The van der Waals surface area contributed by atoms with Gasteiger partial charge in [0.15, 0.2) is 0 Å². The Morgan fingerprint density at radius 2 is 1.83 bits per heavy atom. The summed E-state index contributed by atoms with van der Waals surface area (Å²) in [5, 5.41) is 0.197. The predicted molar refractivity (Wildman–Crippen MR) is 134 cm³/mol. The Kier molecular flexibility index (Phi) is 6.12.